The molecule has 0 radical (unpaired) electrons. The van der Waals surface area contributed by atoms with Crippen LogP contribution in [0.25, 0.3) is 0 Å². The lowest BCUT2D eigenvalue weighted by Crippen LogP contribution is -2.45. The van der Waals surface area contributed by atoms with E-state index in [-0.39, 0.29) is 18.0 Å². The molecule has 0 saturated carbocycles. The number of nitrogens with zero attached hydrogens (tertiary/aromatic N) is 2. The maximum atomic E-state index is 12.9. The van der Waals surface area contributed by atoms with Gasteiger partial charge in [-0.2, -0.15) is 13.2 Å². The van der Waals surface area contributed by atoms with Crippen molar-refractivity contribution in [2.75, 3.05) is 24.6 Å². The fraction of sp³-hybridized carbons (Fsp3) is 0.250. The van der Waals surface area contributed by atoms with Crippen LogP contribution >= 0.6 is 21.6 Å². The van der Waals surface area contributed by atoms with E-state index in [0.717, 1.165) is 22.3 Å². The normalized spacial score (nSPS) is 11.2. The maximum Gasteiger partial charge on any atom is 0.534 e. The van der Waals surface area contributed by atoms with Crippen LogP contribution in [0.4, 0.5) is 29.3 Å². The number of anilines is 1. The Balaban J connectivity index is 1.84. The Morgan fingerprint density at radius 1 is 1.32 bits per heavy atom. The molecule has 0 atom stereocenters. The number of pyridine rings is 1. The molecule has 7 nitrogen and oxygen atoms in total. The molecule has 0 aliphatic carbocycles. The molecule has 12 heteroatoms. The lowest BCUT2D eigenvalue weighted by Gasteiger charge is -2.21. The van der Waals surface area contributed by atoms with E-state index in [2.05, 4.69) is 16.1 Å². The van der Waals surface area contributed by atoms with Crippen molar-refractivity contribution in [3.8, 4) is 0 Å². The first-order valence-electron chi connectivity index (χ1n) is 7.87. The summed E-state index contributed by atoms with van der Waals surface area (Å²) in [6.45, 7) is 0.0563. The molecule has 0 amide bonds. The number of hydrazine groups is 1. The number of hydrogen-bond acceptors (Lipinski definition) is 8. The second kappa shape index (κ2) is 10.4. The Kier molecular flexibility index (Phi) is 8.23. The molecule has 1 heterocycles. The van der Waals surface area contributed by atoms with Gasteiger partial charge in [-0.25, -0.2) is 15.2 Å². The van der Waals surface area contributed by atoms with Crippen molar-refractivity contribution in [3.05, 3.63) is 48.2 Å². The van der Waals surface area contributed by atoms with Crippen molar-refractivity contribution >= 4 is 39.1 Å². The lowest BCUT2D eigenvalue weighted by molar-refractivity contribution is -0.254. The van der Waals surface area contributed by atoms with Crippen LogP contribution in [0.1, 0.15) is 5.56 Å². The second-order valence-electron chi connectivity index (χ2n) is 5.12. The Hall–Kier alpha value is -2.15. The predicted molar refractivity (Wildman–Crippen MR) is 101 cm³/mol. The third kappa shape index (κ3) is 6.78. The zero-order chi connectivity index (χ0) is 20.6. The van der Waals surface area contributed by atoms with Gasteiger partial charge in [-0.3, -0.25) is 4.84 Å². The van der Waals surface area contributed by atoms with Crippen molar-refractivity contribution in [2.24, 2.45) is 0 Å². The molecule has 4 N–H and O–H groups in total. The Morgan fingerprint density at radius 3 is 2.75 bits per heavy atom. The van der Waals surface area contributed by atoms with Crippen molar-refractivity contribution < 1.29 is 33.3 Å². The number of quaternary nitrogens is 1. The molecule has 0 fully saturated rings. The fourth-order valence-electron chi connectivity index (χ4n) is 1.90. The molecule has 28 heavy (non-hydrogen) atoms. The number of halogens is 3. The summed E-state index contributed by atoms with van der Waals surface area (Å²) in [4.78, 5) is 20.9. The van der Waals surface area contributed by atoms with Gasteiger partial charge in [-0.05, 0) is 35.1 Å². The number of ether oxygens (including phenoxy) is 1. The molecule has 1 aromatic heterocycles. The number of hydrogen-bond donors (Lipinski definition) is 2. The SMILES string of the molecule is CNN(OC(=O)OCCSSc1ccccn1)c1cc(C(F)(F)F)ccc1[NH3+]. The third-order valence-electron chi connectivity index (χ3n) is 3.17. The Labute approximate surface area is 167 Å². The van der Waals surface area contributed by atoms with Crippen molar-refractivity contribution in [1.29, 1.82) is 0 Å². The number of rotatable bonds is 8. The summed E-state index contributed by atoms with van der Waals surface area (Å²) in [6.07, 6.45) is -3.92. The predicted octanol–water partition coefficient (Wildman–Crippen LogP) is 3.42. The minimum atomic E-state index is -4.54. The average molecular weight is 435 g/mol. The molecule has 0 spiro atoms. The van der Waals surface area contributed by atoms with Crippen molar-refractivity contribution in [1.82, 2.24) is 10.4 Å². The molecule has 0 saturated heterocycles. The highest BCUT2D eigenvalue weighted by Gasteiger charge is 2.32. The summed E-state index contributed by atoms with van der Waals surface area (Å²) >= 11 is 0. The summed E-state index contributed by atoms with van der Waals surface area (Å²) in [6, 6.07) is 8.43. The van der Waals surface area contributed by atoms with Crippen LogP contribution in [0.15, 0.2) is 47.6 Å². The van der Waals surface area contributed by atoms with Gasteiger partial charge < -0.3 is 10.5 Å². The van der Waals surface area contributed by atoms with Crippen LogP contribution in [0.5, 0.6) is 0 Å². The average Bonchev–Trinajstić information content (AvgIpc) is 2.66. The van der Waals surface area contributed by atoms with Crippen LogP contribution in [-0.4, -0.2) is 30.5 Å². The first-order valence-corrected chi connectivity index (χ1v) is 10.2. The van der Waals surface area contributed by atoms with Gasteiger partial charge in [-0.15, -0.1) is 5.17 Å². The topological polar surface area (TPSA) is 91.3 Å². The summed E-state index contributed by atoms with van der Waals surface area (Å²) in [5.74, 6) is 0.472. The number of aromatic nitrogens is 1. The molecule has 2 aromatic rings. The van der Waals surface area contributed by atoms with Gasteiger partial charge in [0.05, 0.1) is 5.56 Å². The molecule has 0 aliphatic heterocycles. The van der Waals surface area contributed by atoms with Gasteiger partial charge in [0.15, 0.2) is 11.4 Å². The van der Waals surface area contributed by atoms with Crippen LogP contribution in [0.3, 0.4) is 0 Å². The van der Waals surface area contributed by atoms with Crippen molar-refractivity contribution in [2.45, 2.75) is 11.2 Å². The van der Waals surface area contributed by atoms with E-state index in [0.29, 0.717) is 5.75 Å². The zero-order valence-electron chi connectivity index (χ0n) is 14.7. The third-order valence-corrected chi connectivity index (χ3v) is 5.40. The molecule has 0 aliphatic rings. The minimum Gasteiger partial charge on any atom is -0.432 e. The molecule has 2 rings (SSSR count). The van der Waals surface area contributed by atoms with Gasteiger partial charge in [0.25, 0.3) is 0 Å². The Bertz CT molecular complexity index is 781. The van der Waals surface area contributed by atoms with E-state index < -0.39 is 17.9 Å². The van der Waals surface area contributed by atoms with Crippen LogP contribution in [0.2, 0.25) is 0 Å². The van der Waals surface area contributed by atoms with E-state index in [1.54, 1.807) is 6.20 Å². The standard InChI is InChI=1S/C16H17F3N4O3S2/c1-21-23(13-10-11(16(17,18)19)5-6-12(13)20)26-15(24)25-8-9-27-28-14-4-2-3-7-22-14/h2-7,10,21H,8-9,20H2,1H3/p+1. The summed E-state index contributed by atoms with van der Waals surface area (Å²) in [5, 5.41) is 1.60. The zero-order valence-corrected chi connectivity index (χ0v) is 16.4. The number of alkyl halides is 3. The maximum absolute atomic E-state index is 12.9. The van der Waals surface area contributed by atoms with E-state index in [1.165, 1.54) is 34.7 Å². The quantitative estimate of drug-likeness (QED) is 0.282. The second-order valence-corrected chi connectivity index (χ2v) is 7.56. The fourth-order valence-corrected chi connectivity index (χ4v) is 3.61. The highest BCUT2D eigenvalue weighted by Crippen LogP contribution is 2.34. The van der Waals surface area contributed by atoms with Gasteiger partial charge in [0.2, 0.25) is 0 Å². The molecule has 0 unspecified atom stereocenters. The monoisotopic (exact) mass is 435 g/mol. The van der Waals surface area contributed by atoms with Crippen LogP contribution in [-0.2, 0) is 15.8 Å². The van der Waals surface area contributed by atoms with Gasteiger partial charge in [-0.1, -0.05) is 16.9 Å². The number of benzene rings is 1. The summed E-state index contributed by atoms with van der Waals surface area (Å²) in [7, 11) is 4.24. The number of carbonyl (C=O) groups excluding carboxylic acids is 1. The van der Waals surface area contributed by atoms with Crippen molar-refractivity contribution in [3.63, 3.8) is 0 Å². The summed E-state index contributed by atoms with van der Waals surface area (Å²) < 4.78 is 43.6. The van der Waals surface area contributed by atoms with Gasteiger partial charge in [0.1, 0.15) is 11.6 Å². The molecular formula is C16H18F3N4O3S2+. The first kappa shape index (κ1) is 22.1. The smallest absolute Gasteiger partial charge is 0.432 e. The molecule has 0 bridgehead atoms. The molecule has 1 aromatic carbocycles. The number of carbonyl (C=O) groups is 1. The Morgan fingerprint density at radius 2 is 2.11 bits per heavy atom. The van der Waals surface area contributed by atoms with Crippen LogP contribution in [0, 0.1) is 0 Å². The van der Waals surface area contributed by atoms with E-state index in [9.17, 15) is 18.0 Å². The van der Waals surface area contributed by atoms with Gasteiger partial charge >= 0.3 is 12.3 Å². The first-order chi connectivity index (χ1) is 13.3. The molecule has 152 valence electrons. The largest absolute Gasteiger partial charge is 0.534 e. The van der Waals surface area contributed by atoms with E-state index >= 15 is 0 Å². The van der Waals surface area contributed by atoms with E-state index in [4.69, 9.17) is 9.57 Å². The van der Waals surface area contributed by atoms with Crippen LogP contribution < -0.4 is 16.3 Å². The lowest BCUT2D eigenvalue weighted by atomic mass is 10.1. The van der Waals surface area contributed by atoms with E-state index in [1.807, 2.05) is 18.2 Å². The molecular weight excluding hydrogens is 417 g/mol. The minimum absolute atomic E-state index is 0.0563. The highest BCUT2D eigenvalue weighted by molar-refractivity contribution is 8.76. The van der Waals surface area contributed by atoms with Gasteiger partial charge in [0, 0.05) is 25.1 Å². The number of nitrogens with one attached hydrogen (secondary N) is 1. The highest BCUT2D eigenvalue weighted by atomic mass is 33.1. The summed E-state index contributed by atoms with van der Waals surface area (Å²) in [5.41, 5.74) is 5.40.